The topological polar surface area (TPSA) is 53.1 Å². The van der Waals surface area contributed by atoms with Crippen LogP contribution in [0.15, 0.2) is 108 Å². The molecule has 0 N–H and O–H groups in total. The normalized spacial score (nSPS) is 11.2. The lowest BCUT2D eigenvalue weighted by Gasteiger charge is -2.09. The van der Waals surface area contributed by atoms with Crippen LogP contribution in [0.2, 0.25) is 0 Å². The van der Waals surface area contributed by atoms with Gasteiger partial charge in [0.05, 0.1) is 17.2 Å². The van der Waals surface area contributed by atoms with E-state index in [0.717, 1.165) is 39.3 Å². The quantitative estimate of drug-likeness (QED) is 0.332. The van der Waals surface area contributed by atoms with Crippen LogP contribution in [0.1, 0.15) is 0 Å². The molecule has 0 saturated heterocycles. The monoisotopic (exact) mass is 403 g/mol. The van der Waals surface area contributed by atoms with Gasteiger partial charge in [0.1, 0.15) is 23.6 Å². The van der Waals surface area contributed by atoms with Gasteiger partial charge in [-0.2, -0.15) is 0 Å². The van der Waals surface area contributed by atoms with Crippen molar-refractivity contribution in [3.63, 3.8) is 0 Å². The highest BCUT2D eigenvalue weighted by Crippen LogP contribution is 2.35. The number of oxazole rings is 1. The number of hydrogen-bond donors (Lipinski definition) is 0. The van der Waals surface area contributed by atoms with Crippen molar-refractivity contribution in [1.82, 2.24) is 14.5 Å². The van der Waals surface area contributed by atoms with Crippen molar-refractivity contribution in [1.29, 1.82) is 0 Å². The molecule has 0 radical (unpaired) electrons. The van der Waals surface area contributed by atoms with Gasteiger partial charge in [-0.25, -0.2) is 9.97 Å². The minimum Gasteiger partial charge on any atom is -0.457 e. The Morgan fingerprint density at radius 2 is 1.55 bits per heavy atom. The fraction of sp³-hybridized carbons (Fsp3) is 0. The molecule has 0 aliphatic heterocycles. The summed E-state index contributed by atoms with van der Waals surface area (Å²) >= 11 is 0. The average molecular weight is 403 g/mol. The van der Waals surface area contributed by atoms with Crippen LogP contribution in [0.5, 0.6) is 11.5 Å². The Morgan fingerprint density at radius 3 is 2.42 bits per heavy atom. The van der Waals surface area contributed by atoms with Gasteiger partial charge in [0, 0.05) is 28.6 Å². The van der Waals surface area contributed by atoms with Gasteiger partial charge in [0.2, 0.25) is 5.89 Å². The molecule has 5 heteroatoms. The van der Waals surface area contributed by atoms with Crippen LogP contribution >= 0.6 is 0 Å². The summed E-state index contributed by atoms with van der Waals surface area (Å²) in [5.41, 5.74) is 3.02. The standard InChI is InChI=1S/C26H17N3O2/c1-2-9-23-21(8-1)22-12-11-20(17-24(22)29(23)25-10-3-4-13-27-25)31-19-7-5-6-18(16-19)26-28-14-15-30-26/h1-17H. The summed E-state index contributed by atoms with van der Waals surface area (Å²) in [7, 11) is 0. The molecule has 0 saturated carbocycles. The van der Waals surface area contributed by atoms with Gasteiger partial charge in [-0.3, -0.25) is 4.57 Å². The molecule has 0 unspecified atom stereocenters. The number of fused-ring (bicyclic) bond motifs is 3. The van der Waals surface area contributed by atoms with E-state index in [9.17, 15) is 0 Å². The Balaban J connectivity index is 1.48. The third-order valence-corrected chi connectivity index (χ3v) is 5.27. The van der Waals surface area contributed by atoms with E-state index < -0.39 is 0 Å². The van der Waals surface area contributed by atoms with Gasteiger partial charge < -0.3 is 9.15 Å². The molecule has 0 aliphatic rings. The number of benzene rings is 3. The minimum atomic E-state index is 0.566. The summed E-state index contributed by atoms with van der Waals surface area (Å²) in [6, 6.07) is 28.2. The van der Waals surface area contributed by atoms with E-state index in [-0.39, 0.29) is 0 Å². The Kier molecular flexibility index (Phi) is 4.03. The van der Waals surface area contributed by atoms with Crippen LogP contribution in [0.3, 0.4) is 0 Å². The molecule has 0 aliphatic carbocycles. The number of ether oxygens (including phenoxy) is 1. The van der Waals surface area contributed by atoms with Crippen LogP contribution in [0, 0.1) is 0 Å². The summed E-state index contributed by atoms with van der Waals surface area (Å²) in [6.07, 6.45) is 5.00. The molecule has 6 rings (SSSR count). The first kappa shape index (κ1) is 17.5. The zero-order valence-electron chi connectivity index (χ0n) is 16.5. The molecule has 3 heterocycles. The first-order valence-electron chi connectivity index (χ1n) is 9.99. The van der Waals surface area contributed by atoms with E-state index >= 15 is 0 Å². The first-order chi connectivity index (χ1) is 15.4. The zero-order chi connectivity index (χ0) is 20.6. The average Bonchev–Trinajstić information content (AvgIpc) is 3.46. The summed E-state index contributed by atoms with van der Waals surface area (Å²) in [6.45, 7) is 0. The van der Waals surface area contributed by atoms with Crippen molar-refractivity contribution in [2.45, 2.75) is 0 Å². The van der Waals surface area contributed by atoms with Gasteiger partial charge in [0.25, 0.3) is 0 Å². The molecule has 148 valence electrons. The van der Waals surface area contributed by atoms with E-state index in [0.29, 0.717) is 5.89 Å². The lowest BCUT2D eigenvalue weighted by molar-refractivity contribution is 0.483. The number of para-hydroxylation sites is 1. The third kappa shape index (κ3) is 3.04. The number of nitrogens with zero attached hydrogens (tertiary/aromatic N) is 3. The highest BCUT2D eigenvalue weighted by molar-refractivity contribution is 6.09. The zero-order valence-corrected chi connectivity index (χ0v) is 16.5. The lowest BCUT2D eigenvalue weighted by atomic mass is 10.1. The fourth-order valence-corrected chi connectivity index (χ4v) is 3.94. The summed E-state index contributed by atoms with van der Waals surface area (Å²) < 4.78 is 13.8. The van der Waals surface area contributed by atoms with E-state index in [1.54, 1.807) is 12.5 Å². The second-order valence-electron chi connectivity index (χ2n) is 7.19. The molecule has 31 heavy (non-hydrogen) atoms. The van der Waals surface area contributed by atoms with Crippen molar-refractivity contribution < 1.29 is 9.15 Å². The molecular formula is C26H17N3O2. The van der Waals surface area contributed by atoms with E-state index in [2.05, 4.69) is 44.9 Å². The maximum atomic E-state index is 6.21. The van der Waals surface area contributed by atoms with Crippen LogP contribution < -0.4 is 4.74 Å². The lowest BCUT2D eigenvalue weighted by Crippen LogP contribution is -1.96. The molecule has 5 nitrogen and oxygen atoms in total. The van der Waals surface area contributed by atoms with E-state index in [4.69, 9.17) is 9.15 Å². The smallest absolute Gasteiger partial charge is 0.225 e. The Labute approximate surface area is 178 Å². The van der Waals surface area contributed by atoms with Gasteiger partial charge in [0.15, 0.2) is 0 Å². The van der Waals surface area contributed by atoms with Crippen LogP contribution in [0.4, 0.5) is 0 Å². The Hall–Kier alpha value is -4.38. The first-order valence-corrected chi connectivity index (χ1v) is 9.99. The van der Waals surface area contributed by atoms with Crippen molar-refractivity contribution in [3.05, 3.63) is 104 Å². The highest BCUT2D eigenvalue weighted by atomic mass is 16.5. The number of rotatable bonds is 4. The summed E-state index contributed by atoms with van der Waals surface area (Å²) in [5.74, 6) is 2.90. The molecule has 3 aromatic carbocycles. The van der Waals surface area contributed by atoms with Crippen molar-refractivity contribution in [2.75, 3.05) is 0 Å². The summed E-state index contributed by atoms with van der Waals surface area (Å²) in [4.78, 5) is 8.79. The van der Waals surface area contributed by atoms with Crippen LogP contribution in [0.25, 0.3) is 39.1 Å². The molecule has 3 aromatic heterocycles. The molecule has 0 bridgehead atoms. The van der Waals surface area contributed by atoms with E-state index in [1.807, 2.05) is 60.8 Å². The maximum absolute atomic E-state index is 6.21. The largest absolute Gasteiger partial charge is 0.457 e. The highest BCUT2D eigenvalue weighted by Gasteiger charge is 2.14. The predicted octanol–water partition coefficient (Wildman–Crippen LogP) is 6.63. The number of hydrogen-bond acceptors (Lipinski definition) is 4. The van der Waals surface area contributed by atoms with Gasteiger partial charge in [-0.05, 0) is 48.5 Å². The fourth-order valence-electron chi connectivity index (χ4n) is 3.94. The van der Waals surface area contributed by atoms with Gasteiger partial charge in [-0.15, -0.1) is 0 Å². The second-order valence-corrected chi connectivity index (χ2v) is 7.19. The predicted molar refractivity (Wildman–Crippen MR) is 121 cm³/mol. The van der Waals surface area contributed by atoms with Crippen LogP contribution in [-0.2, 0) is 0 Å². The van der Waals surface area contributed by atoms with E-state index in [1.165, 1.54) is 5.39 Å². The van der Waals surface area contributed by atoms with Gasteiger partial charge in [-0.1, -0.05) is 30.3 Å². The number of aromatic nitrogens is 3. The van der Waals surface area contributed by atoms with Crippen molar-refractivity contribution in [3.8, 4) is 28.8 Å². The van der Waals surface area contributed by atoms with Crippen LogP contribution in [-0.4, -0.2) is 14.5 Å². The summed E-state index contributed by atoms with van der Waals surface area (Å²) in [5, 5.41) is 2.34. The molecule has 0 fully saturated rings. The minimum absolute atomic E-state index is 0.566. The van der Waals surface area contributed by atoms with Crippen molar-refractivity contribution >= 4 is 21.8 Å². The maximum Gasteiger partial charge on any atom is 0.225 e. The molecule has 0 atom stereocenters. The molecule has 6 aromatic rings. The van der Waals surface area contributed by atoms with Gasteiger partial charge >= 0.3 is 0 Å². The molecule has 0 amide bonds. The second kappa shape index (κ2) is 7.15. The third-order valence-electron chi connectivity index (χ3n) is 5.27. The number of pyridine rings is 1. The Bertz CT molecular complexity index is 1500. The SMILES string of the molecule is c1ccc(-n2c3ccccc3c3ccc(Oc4cccc(-c5ncco5)c4)cc32)nc1. The Morgan fingerprint density at radius 1 is 0.677 bits per heavy atom. The molecular weight excluding hydrogens is 386 g/mol. The van der Waals surface area contributed by atoms with Crippen molar-refractivity contribution in [2.24, 2.45) is 0 Å². The molecule has 0 spiro atoms.